The molecule has 3 N–H and O–H groups in total. The van der Waals surface area contributed by atoms with Crippen LogP contribution in [0.4, 0.5) is 0 Å². The van der Waals surface area contributed by atoms with Crippen molar-refractivity contribution in [3.8, 4) is 0 Å². The zero-order chi connectivity index (χ0) is 7.83. The van der Waals surface area contributed by atoms with Gasteiger partial charge in [0, 0.05) is 26.8 Å². The highest BCUT2D eigenvalue weighted by molar-refractivity contribution is 7.92. The number of nitrogens with two attached hydrogens (primary N) is 1. The van der Waals surface area contributed by atoms with Gasteiger partial charge in [0.05, 0.1) is 0 Å². The molecule has 0 spiro atoms. The highest BCUT2D eigenvalue weighted by Crippen LogP contribution is 2.20. The molecule has 1 rings (SSSR count). The maximum Gasteiger partial charge on any atom is 0.0442 e. The molecule has 1 saturated heterocycles. The number of hydrogen-bond acceptors (Lipinski definition) is 3. The van der Waals surface area contributed by atoms with Crippen LogP contribution in [0.2, 0.25) is 0 Å². The van der Waals surface area contributed by atoms with E-state index in [1.165, 1.54) is 0 Å². The smallest absolute Gasteiger partial charge is 0.0442 e. The molecule has 60 valence electrons. The van der Waals surface area contributed by atoms with Gasteiger partial charge in [-0.1, -0.05) is 0 Å². The Labute approximate surface area is 62.0 Å². The van der Waals surface area contributed by atoms with E-state index in [-0.39, 0.29) is 5.54 Å². The summed E-state index contributed by atoms with van der Waals surface area (Å²) in [4.78, 5) is 0. The molecule has 0 aromatic carbocycles. The van der Waals surface area contributed by atoms with Gasteiger partial charge in [0.25, 0.3) is 0 Å². The summed E-state index contributed by atoms with van der Waals surface area (Å²) < 4.78 is 18.4. The molecular weight excluding hydrogens is 148 g/mol. The van der Waals surface area contributed by atoms with Crippen LogP contribution >= 0.6 is 0 Å². The Morgan fingerprint density at radius 1 is 1.50 bits per heavy atom. The molecule has 0 aliphatic carbocycles. The van der Waals surface area contributed by atoms with Crippen molar-refractivity contribution < 1.29 is 4.21 Å². The molecular formula is C6H14N2OS. The van der Waals surface area contributed by atoms with Gasteiger partial charge in [-0.25, -0.2) is 4.21 Å². The largest absolute Gasteiger partial charge is 0.325 e. The molecule has 4 heteroatoms. The third kappa shape index (κ3) is 1.95. The van der Waals surface area contributed by atoms with Crippen molar-refractivity contribution in [1.29, 1.82) is 4.78 Å². The van der Waals surface area contributed by atoms with Crippen molar-refractivity contribution in [2.24, 2.45) is 5.73 Å². The van der Waals surface area contributed by atoms with Crippen LogP contribution in [0.1, 0.15) is 19.8 Å². The summed E-state index contributed by atoms with van der Waals surface area (Å²) in [5.41, 5.74) is 5.63. The van der Waals surface area contributed by atoms with E-state index in [0.717, 1.165) is 12.8 Å². The molecule has 1 aliphatic heterocycles. The molecule has 0 bridgehead atoms. The van der Waals surface area contributed by atoms with E-state index in [1.54, 1.807) is 0 Å². The third-order valence-corrected chi connectivity index (χ3v) is 3.73. The molecule has 0 saturated carbocycles. The summed E-state index contributed by atoms with van der Waals surface area (Å²) in [6, 6.07) is 0. The Morgan fingerprint density at radius 3 is 2.20 bits per heavy atom. The third-order valence-electron chi connectivity index (χ3n) is 2.01. The molecule has 10 heavy (non-hydrogen) atoms. The van der Waals surface area contributed by atoms with E-state index in [1.807, 2.05) is 6.92 Å². The van der Waals surface area contributed by atoms with Gasteiger partial charge in [0.15, 0.2) is 0 Å². The summed E-state index contributed by atoms with van der Waals surface area (Å²) in [5.74, 6) is 0.972. The predicted octanol–water partition coefficient (Wildman–Crippen LogP) is 0.544. The van der Waals surface area contributed by atoms with Gasteiger partial charge in [-0.3, -0.25) is 4.78 Å². The van der Waals surface area contributed by atoms with Crippen LogP contribution in [0.15, 0.2) is 0 Å². The topological polar surface area (TPSA) is 66.9 Å². The Balaban J connectivity index is 2.63. The monoisotopic (exact) mass is 162 g/mol. The zero-order valence-corrected chi connectivity index (χ0v) is 7.04. The summed E-state index contributed by atoms with van der Waals surface area (Å²) in [6.45, 7) is 1.96. The molecule has 0 unspecified atom stereocenters. The van der Waals surface area contributed by atoms with E-state index in [0.29, 0.717) is 11.5 Å². The van der Waals surface area contributed by atoms with Crippen molar-refractivity contribution in [3.05, 3.63) is 0 Å². The molecule has 0 aromatic rings. The van der Waals surface area contributed by atoms with Crippen LogP contribution in [0.5, 0.6) is 0 Å². The zero-order valence-electron chi connectivity index (χ0n) is 6.22. The van der Waals surface area contributed by atoms with Crippen LogP contribution in [0.3, 0.4) is 0 Å². The first-order valence-electron chi connectivity index (χ1n) is 3.44. The molecule has 3 nitrogen and oxygen atoms in total. The summed E-state index contributed by atoms with van der Waals surface area (Å²) in [6.07, 6.45) is 1.46. The highest BCUT2D eigenvalue weighted by Gasteiger charge is 2.27. The molecule has 1 fully saturated rings. The molecule has 0 aromatic heterocycles. The Morgan fingerprint density at radius 2 is 1.90 bits per heavy atom. The first-order valence-corrected chi connectivity index (χ1v) is 5.34. The van der Waals surface area contributed by atoms with Gasteiger partial charge < -0.3 is 5.73 Å². The lowest BCUT2D eigenvalue weighted by atomic mass is 9.97. The van der Waals surface area contributed by atoms with Crippen LogP contribution in [-0.4, -0.2) is 21.3 Å². The minimum Gasteiger partial charge on any atom is -0.325 e. The van der Waals surface area contributed by atoms with Crippen LogP contribution in [-0.2, 0) is 9.73 Å². The van der Waals surface area contributed by atoms with E-state index in [2.05, 4.69) is 0 Å². The van der Waals surface area contributed by atoms with Crippen LogP contribution in [0, 0.1) is 4.78 Å². The van der Waals surface area contributed by atoms with E-state index < -0.39 is 9.73 Å². The molecule has 0 radical (unpaired) electrons. The Hall–Kier alpha value is -0.0900. The first-order chi connectivity index (χ1) is 4.41. The Bertz CT molecular complexity index is 202. The second-order valence-corrected chi connectivity index (χ2v) is 5.81. The van der Waals surface area contributed by atoms with Gasteiger partial charge in [-0.2, -0.15) is 0 Å². The lowest BCUT2D eigenvalue weighted by Gasteiger charge is -2.29. The lowest BCUT2D eigenvalue weighted by Crippen LogP contribution is -2.43. The van der Waals surface area contributed by atoms with Gasteiger partial charge >= 0.3 is 0 Å². The summed E-state index contributed by atoms with van der Waals surface area (Å²) in [7, 11) is -2.23. The highest BCUT2D eigenvalue weighted by atomic mass is 32.2. The van der Waals surface area contributed by atoms with Crippen molar-refractivity contribution >= 4 is 9.73 Å². The standard InChI is InChI=1S/C6H14N2OS/c1-6(7)2-4-10(8,9)5-3-6/h8H,2-5,7H2,1H3. The molecule has 0 atom stereocenters. The molecule has 1 heterocycles. The minimum atomic E-state index is -2.23. The number of rotatable bonds is 0. The van der Waals surface area contributed by atoms with Crippen molar-refractivity contribution in [2.45, 2.75) is 25.3 Å². The summed E-state index contributed by atoms with van der Waals surface area (Å²) >= 11 is 0. The second kappa shape index (κ2) is 2.20. The number of nitrogens with one attached hydrogen (secondary N) is 1. The van der Waals surface area contributed by atoms with Gasteiger partial charge in [-0.15, -0.1) is 0 Å². The molecule has 0 amide bonds. The SMILES string of the molecule is CC1(N)CCS(=N)(=O)CC1. The van der Waals surface area contributed by atoms with Crippen LogP contribution in [0.25, 0.3) is 0 Å². The van der Waals surface area contributed by atoms with E-state index in [9.17, 15) is 4.21 Å². The fraction of sp³-hybridized carbons (Fsp3) is 1.00. The second-order valence-electron chi connectivity index (χ2n) is 3.37. The van der Waals surface area contributed by atoms with Crippen LogP contribution < -0.4 is 5.73 Å². The van der Waals surface area contributed by atoms with E-state index >= 15 is 0 Å². The maximum atomic E-state index is 11.1. The van der Waals surface area contributed by atoms with Gasteiger partial charge in [-0.05, 0) is 19.8 Å². The van der Waals surface area contributed by atoms with Gasteiger partial charge in [0.1, 0.15) is 0 Å². The quantitative estimate of drug-likeness (QED) is 0.546. The first kappa shape index (κ1) is 8.01. The maximum absolute atomic E-state index is 11.1. The Kier molecular flexibility index (Phi) is 1.76. The number of hydrogen-bond donors (Lipinski definition) is 2. The molecule has 1 aliphatic rings. The van der Waals surface area contributed by atoms with E-state index in [4.69, 9.17) is 10.5 Å². The average molecular weight is 162 g/mol. The van der Waals surface area contributed by atoms with Gasteiger partial charge in [0.2, 0.25) is 0 Å². The lowest BCUT2D eigenvalue weighted by molar-refractivity contribution is 0.426. The minimum absolute atomic E-state index is 0.165. The van der Waals surface area contributed by atoms with Crippen molar-refractivity contribution in [2.75, 3.05) is 11.5 Å². The average Bonchev–Trinajstić information content (AvgIpc) is 1.79. The predicted molar refractivity (Wildman–Crippen MR) is 42.4 cm³/mol. The van der Waals surface area contributed by atoms with Crippen molar-refractivity contribution in [3.63, 3.8) is 0 Å². The van der Waals surface area contributed by atoms with Crippen molar-refractivity contribution in [1.82, 2.24) is 0 Å². The normalized spacial score (nSPS) is 49.0. The fourth-order valence-corrected chi connectivity index (χ4v) is 2.82. The fourth-order valence-electron chi connectivity index (χ4n) is 1.02. The summed E-state index contributed by atoms with van der Waals surface area (Å²) in [5, 5.41) is 0.